The van der Waals surface area contributed by atoms with Crippen LogP contribution in [0.15, 0.2) is 29.4 Å². The fraction of sp³-hybridized carbons (Fsp3) is 0.308. The predicted octanol–water partition coefficient (Wildman–Crippen LogP) is 1.84. The number of aromatic nitrogens is 3. The van der Waals surface area contributed by atoms with E-state index in [4.69, 9.17) is 10.5 Å². The Kier molecular flexibility index (Phi) is 5.00. The van der Waals surface area contributed by atoms with Gasteiger partial charge in [0.05, 0.1) is 17.9 Å². The molecule has 0 aliphatic heterocycles. The summed E-state index contributed by atoms with van der Waals surface area (Å²) in [5.74, 6) is 1.14. The number of hydrogen-bond donors (Lipinski definition) is 2. The molecule has 0 spiro atoms. The normalized spacial score (nSPS) is 10.4. The van der Waals surface area contributed by atoms with Crippen LogP contribution in [0.2, 0.25) is 0 Å². The van der Waals surface area contributed by atoms with Gasteiger partial charge in [-0.3, -0.25) is 9.89 Å². The Balaban J connectivity index is 2.16. The molecule has 20 heavy (non-hydrogen) atoms. The highest BCUT2D eigenvalue weighted by atomic mass is 32.2. The van der Waals surface area contributed by atoms with E-state index in [2.05, 4.69) is 22.1 Å². The van der Waals surface area contributed by atoms with Crippen molar-refractivity contribution in [3.05, 3.63) is 24.3 Å². The highest BCUT2D eigenvalue weighted by Gasteiger charge is 2.11. The van der Waals surface area contributed by atoms with Crippen LogP contribution in [0.4, 0.5) is 0 Å². The summed E-state index contributed by atoms with van der Waals surface area (Å²) in [6.07, 6.45) is 0.935. The Bertz CT molecular complexity index is 585. The molecule has 0 bridgehead atoms. The average Bonchev–Trinajstić information content (AvgIpc) is 2.92. The first-order valence-corrected chi connectivity index (χ1v) is 7.25. The maximum atomic E-state index is 10.7. The van der Waals surface area contributed by atoms with Crippen LogP contribution < -0.4 is 10.5 Å². The highest BCUT2D eigenvalue weighted by Crippen LogP contribution is 2.28. The van der Waals surface area contributed by atoms with Gasteiger partial charge >= 0.3 is 0 Å². The van der Waals surface area contributed by atoms with Crippen LogP contribution in [-0.2, 0) is 4.79 Å². The molecule has 0 saturated carbocycles. The number of nitrogens with two attached hydrogens (primary N) is 1. The molecule has 0 aliphatic carbocycles. The van der Waals surface area contributed by atoms with E-state index in [1.54, 1.807) is 0 Å². The number of carbonyl (C=O) groups is 1. The first kappa shape index (κ1) is 14.4. The lowest BCUT2D eigenvalue weighted by Gasteiger charge is -2.08. The van der Waals surface area contributed by atoms with Gasteiger partial charge in [-0.05, 0) is 18.6 Å². The minimum atomic E-state index is -0.395. The van der Waals surface area contributed by atoms with Gasteiger partial charge in [-0.25, -0.2) is 4.98 Å². The first-order chi connectivity index (χ1) is 9.70. The smallest absolute Gasteiger partial charge is 0.227 e. The van der Waals surface area contributed by atoms with Crippen molar-refractivity contribution in [2.24, 2.45) is 5.73 Å². The van der Waals surface area contributed by atoms with E-state index in [1.165, 1.54) is 11.8 Å². The fourth-order valence-corrected chi connectivity index (χ4v) is 2.10. The van der Waals surface area contributed by atoms with Crippen LogP contribution in [0, 0.1) is 0 Å². The second-order valence-electron chi connectivity index (χ2n) is 4.07. The van der Waals surface area contributed by atoms with Gasteiger partial charge in [-0.2, -0.15) is 0 Å². The van der Waals surface area contributed by atoms with Crippen molar-refractivity contribution in [1.29, 1.82) is 0 Å². The Morgan fingerprint density at radius 2 is 2.25 bits per heavy atom. The number of primary amides is 1. The molecular formula is C13H16N4O2S. The molecule has 2 aromatic rings. The minimum Gasteiger partial charge on any atom is -0.493 e. The Morgan fingerprint density at radius 1 is 1.45 bits per heavy atom. The summed E-state index contributed by atoms with van der Waals surface area (Å²) in [6.45, 7) is 2.70. The third kappa shape index (κ3) is 3.74. The van der Waals surface area contributed by atoms with Gasteiger partial charge in [0.25, 0.3) is 0 Å². The van der Waals surface area contributed by atoms with E-state index >= 15 is 0 Å². The predicted molar refractivity (Wildman–Crippen MR) is 77.5 cm³/mol. The minimum absolute atomic E-state index is 0.158. The third-order valence-electron chi connectivity index (χ3n) is 2.41. The van der Waals surface area contributed by atoms with E-state index in [0.717, 1.165) is 17.7 Å². The number of thioether (sulfide) groups is 1. The molecule has 1 heterocycles. The number of amides is 1. The third-order valence-corrected chi connectivity index (χ3v) is 3.28. The Morgan fingerprint density at radius 3 is 3.00 bits per heavy atom. The number of rotatable bonds is 7. The van der Waals surface area contributed by atoms with Crippen molar-refractivity contribution in [2.45, 2.75) is 18.5 Å². The molecule has 7 heteroatoms. The summed E-state index contributed by atoms with van der Waals surface area (Å²) in [5, 5.41) is 7.39. The lowest BCUT2D eigenvalue weighted by atomic mass is 10.2. The summed E-state index contributed by atoms with van der Waals surface area (Å²) >= 11 is 1.20. The Labute approximate surface area is 121 Å². The lowest BCUT2D eigenvalue weighted by molar-refractivity contribution is -0.115. The average molecular weight is 292 g/mol. The zero-order chi connectivity index (χ0) is 14.4. The van der Waals surface area contributed by atoms with Crippen LogP contribution in [0.5, 0.6) is 5.75 Å². The fourth-order valence-electron chi connectivity index (χ4n) is 1.57. The van der Waals surface area contributed by atoms with Crippen molar-refractivity contribution in [2.75, 3.05) is 12.4 Å². The second-order valence-corrected chi connectivity index (χ2v) is 5.01. The van der Waals surface area contributed by atoms with Crippen LogP contribution in [0.25, 0.3) is 11.4 Å². The molecule has 1 aromatic carbocycles. The number of hydrogen-bond acceptors (Lipinski definition) is 5. The molecule has 1 aromatic heterocycles. The first-order valence-electron chi connectivity index (χ1n) is 6.26. The van der Waals surface area contributed by atoms with Crippen LogP contribution in [0.3, 0.4) is 0 Å². The molecule has 0 atom stereocenters. The van der Waals surface area contributed by atoms with Gasteiger partial charge in [-0.15, -0.1) is 5.10 Å². The van der Waals surface area contributed by atoms with E-state index in [-0.39, 0.29) is 5.75 Å². The van der Waals surface area contributed by atoms with Crippen molar-refractivity contribution >= 4 is 17.7 Å². The van der Waals surface area contributed by atoms with Gasteiger partial charge in [0.1, 0.15) is 5.75 Å². The molecule has 0 saturated heterocycles. The zero-order valence-electron chi connectivity index (χ0n) is 11.1. The summed E-state index contributed by atoms with van der Waals surface area (Å²) in [7, 11) is 0. The number of carbonyl (C=O) groups excluding carboxylic acids is 1. The quantitative estimate of drug-likeness (QED) is 0.759. The van der Waals surface area contributed by atoms with Gasteiger partial charge in [0, 0.05) is 0 Å². The molecule has 6 nitrogen and oxygen atoms in total. The van der Waals surface area contributed by atoms with Crippen LogP contribution in [-0.4, -0.2) is 33.4 Å². The van der Waals surface area contributed by atoms with Gasteiger partial charge < -0.3 is 10.5 Å². The Hall–Kier alpha value is -2.02. The molecule has 0 radical (unpaired) electrons. The van der Waals surface area contributed by atoms with E-state index in [0.29, 0.717) is 17.6 Å². The van der Waals surface area contributed by atoms with Gasteiger partial charge in [0.15, 0.2) is 5.82 Å². The summed E-state index contributed by atoms with van der Waals surface area (Å²) < 4.78 is 5.68. The van der Waals surface area contributed by atoms with Crippen molar-refractivity contribution in [3.63, 3.8) is 0 Å². The molecule has 0 aliphatic rings. The number of para-hydroxylation sites is 1. The number of nitrogens with zero attached hydrogens (tertiary/aromatic N) is 2. The van der Waals surface area contributed by atoms with Crippen molar-refractivity contribution < 1.29 is 9.53 Å². The van der Waals surface area contributed by atoms with Crippen molar-refractivity contribution in [3.8, 4) is 17.1 Å². The van der Waals surface area contributed by atoms with Gasteiger partial charge in [0.2, 0.25) is 11.1 Å². The van der Waals surface area contributed by atoms with Crippen LogP contribution >= 0.6 is 11.8 Å². The number of H-pyrrole nitrogens is 1. The molecular weight excluding hydrogens is 276 g/mol. The monoisotopic (exact) mass is 292 g/mol. The number of ether oxygens (including phenoxy) is 1. The summed E-state index contributed by atoms with van der Waals surface area (Å²) in [4.78, 5) is 15.1. The summed E-state index contributed by atoms with van der Waals surface area (Å²) in [5.41, 5.74) is 5.94. The zero-order valence-corrected chi connectivity index (χ0v) is 11.9. The van der Waals surface area contributed by atoms with E-state index in [1.807, 2.05) is 24.3 Å². The molecule has 0 unspecified atom stereocenters. The molecule has 106 valence electrons. The number of aromatic amines is 1. The van der Waals surface area contributed by atoms with Crippen molar-refractivity contribution in [1.82, 2.24) is 15.2 Å². The lowest BCUT2D eigenvalue weighted by Crippen LogP contribution is -2.13. The largest absolute Gasteiger partial charge is 0.493 e. The van der Waals surface area contributed by atoms with E-state index < -0.39 is 5.91 Å². The number of benzene rings is 1. The van der Waals surface area contributed by atoms with E-state index in [9.17, 15) is 4.79 Å². The molecule has 0 fully saturated rings. The topological polar surface area (TPSA) is 93.9 Å². The number of nitrogens with one attached hydrogen (secondary N) is 1. The molecule has 3 N–H and O–H groups in total. The highest BCUT2D eigenvalue weighted by molar-refractivity contribution is 7.99. The van der Waals surface area contributed by atoms with Crippen LogP contribution in [0.1, 0.15) is 13.3 Å². The molecule has 1 amide bonds. The second kappa shape index (κ2) is 6.95. The standard InChI is InChI=1S/C13H16N4O2S/c1-2-7-19-10-6-4-3-5-9(10)12-15-13(17-16-12)20-8-11(14)18/h3-6H,2,7-8H2,1H3,(H2,14,18)(H,15,16,17). The molecule has 2 rings (SSSR count). The SMILES string of the molecule is CCCOc1ccccc1-c1nc(SCC(N)=O)n[nH]1. The maximum absolute atomic E-state index is 10.7. The maximum Gasteiger partial charge on any atom is 0.227 e. The van der Waals surface area contributed by atoms with Gasteiger partial charge in [-0.1, -0.05) is 30.8 Å². The summed E-state index contributed by atoms with van der Waals surface area (Å²) in [6, 6.07) is 7.62.